The number of rotatable bonds is 4. The van der Waals surface area contributed by atoms with Crippen LogP contribution in [0.1, 0.15) is 37.2 Å². The van der Waals surface area contributed by atoms with Crippen LogP contribution in [0.25, 0.3) is 10.9 Å². The predicted molar refractivity (Wildman–Crippen MR) is 96.0 cm³/mol. The number of carbonyl (C=O) groups is 2. The predicted octanol–water partition coefficient (Wildman–Crippen LogP) is 1.27. The number of fused-ring (bicyclic) bond motifs is 1. The van der Waals surface area contributed by atoms with Gasteiger partial charge >= 0.3 is 0 Å². The highest BCUT2D eigenvalue weighted by Crippen LogP contribution is 2.22. The number of aromatic amines is 1. The van der Waals surface area contributed by atoms with Crippen LogP contribution < -0.4 is 11.1 Å². The Bertz CT molecular complexity index is 762. The number of piperidine rings is 1. The molecule has 3 rings (SSSR count). The number of amides is 2. The molecular formula is C18H25N5O2. The van der Waals surface area contributed by atoms with Gasteiger partial charge in [-0.15, -0.1) is 0 Å². The quantitative estimate of drug-likeness (QED) is 0.777. The number of aromatic nitrogens is 2. The summed E-state index contributed by atoms with van der Waals surface area (Å²) in [6, 6.07) is 7.15. The molecule has 2 amide bonds. The second-order valence-electron chi connectivity index (χ2n) is 6.83. The number of likely N-dealkylation sites (tertiary alicyclic amines) is 1. The number of benzene rings is 1. The van der Waals surface area contributed by atoms with Crippen LogP contribution in [0.15, 0.2) is 24.3 Å². The zero-order valence-electron chi connectivity index (χ0n) is 14.7. The first-order valence-electron chi connectivity index (χ1n) is 8.75. The minimum absolute atomic E-state index is 0.00173. The fraction of sp³-hybridized carbons (Fsp3) is 0.500. The average Bonchev–Trinajstić information content (AvgIpc) is 3.05. The summed E-state index contributed by atoms with van der Waals surface area (Å²) >= 11 is 0. The van der Waals surface area contributed by atoms with E-state index in [1.807, 2.05) is 36.1 Å². The Kier molecular flexibility index (Phi) is 5.03. The highest BCUT2D eigenvalue weighted by Gasteiger charge is 2.28. The van der Waals surface area contributed by atoms with Gasteiger partial charge in [0, 0.05) is 24.5 Å². The fourth-order valence-electron chi connectivity index (χ4n) is 3.44. The van der Waals surface area contributed by atoms with E-state index < -0.39 is 6.04 Å². The normalized spacial score (nSPS) is 18.1. The number of carbonyl (C=O) groups excluding carboxylic acids is 2. The van der Waals surface area contributed by atoms with Crippen molar-refractivity contribution in [3.8, 4) is 0 Å². The van der Waals surface area contributed by atoms with Gasteiger partial charge in [-0.05, 0) is 38.7 Å². The summed E-state index contributed by atoms with van der Waals surface area (Å²) in [5.41, 5.74) is 6.94. The lowest BCUT2D eigenvalue weighted by Gasteiger charge is -2.35. The van der Waals surface area contributed by atoms with Gasteiger partial charge in [0.15, 0.2) is 5.69 Å². The van der Waals surface area contributed by atoms with Gasteiger partial charge in [-0.1, -0.05) is 18.2 Å². The molecule has 0 aliphatic carbocycles. The summed E-state index contributed by atoms with van der Waals surface area (Å²) in [6.45, 7) is 5.11. The van der Waals surface area contributed by atoms with Gasteiger partial charge in [-0.3, -0.25) is 14.7 Å². The van der Waals surface area contributed by atoms with Gasteiger partial charge < -0.3 is 16.0 Å². The van der Waals surface area contributed by atoms with Crippen molar-refractivity contribution >= 4 is 22.7 Å². The molecule has 1 saturated heterocycles. The van der Waals surface area contributed by atoms with Gasteiger partial charge in [0.2, 0.25) is 5.91 Å². The lowest BCUT2D eigenvalue weighted by Crippen LogP contribution is -2.49. The summed E-state index contributed by atoms with van der Waals surface area (Å²) in [5, 5.41) is 10.9. The van der Waals surface area contributed by atoms with Crippen LogP contribution >= 0.6 is 0 Å². The maximum atomic E-state index is 12.6. The SMILES string of the molecule is CC(NC(=O)c1n[nH]c2ccccc12)C1CCN(C(=O)[C@H](C)N)CC1. The van der Waals surface area contributed by atoms with E-state index in [2.05, 4.69) is 15.5 Å². The second-order valence-corrected chi connectivity index (χ2v) is 6.83. The largest absolute Gasteiger partial charge is 0.348 e. The maximum absolute atomic E-state index is 12.6. The van der Waals surface area contributed by atoms with E-state index in [9.17, 15) is 9.59 Å². The van der Waals surface area contributed by atoms with Crippen LogP contribution in [-0.4, -0.2) is 52.1 Å². The van der Waals surface area contributed by atoms with Crippen molar-refractivity contribution in [3.05, 3.63) is 30.0 Å². The molecule has 2 atom stereocenters. The molecule has 7 nitrogen and oxygen atoms in total. The lowest BCUT2D eigenvalue weighted by molar-refractivity contribution is -0.133. The molecular weight excluding hydrogens is 318 g/mol. The Morgan fingerprint density at radius 1 is 1.28 bits per heavy atom. The third-order valence-corrected chi connectivity index (χ3v) is 4.99. The van der Waals surface area contributed by atoms with E-state index >= 15 is 0 Å². The van der Waals surface area contributed by atoms with E-state index in [4.69, 9.17) is 5.73 Å². The summed E-state index contributed by atoms with van der Waals surface area (Å²) < 4.78 is 0. The smallest absolute Gasteiger partial charge is 0.272 e. The Labute approximate surface area is 146 Å². The van der Waals surface area contributed by atoms with Crippen molar-refractivity contribution in [2.75, 3.05) is 13.1 Å². The highest BCUT2D eigenvalue weighted by atomic mass is 16.2. The Hall–Kier alpha value is -2.41. The van der Waals surface area contributed by atoms with E-state index in [1.165, 1.54) is 0 Å². The number of nitrogens with zero attached hydrogens (tertiary/aromatic N) is 2. The van der Waals surface area contributed by atoms with Gasteiger partial charge in [0.25, 0.3) is 5.91 Å². The molecule has 1 fully saturated rings. The zero-order chi connectivity index (χ0) is 18.0. The zero-order valence-corrected chi connectivity index (χ0v) is 14.7. The minimum Gasteiger partial charge on any atom is -0.348 e. The van der Waals surface area contributed by atoms with Crippen molar-refractivity contribution in [3.63, 3.8) is 0 Å². The first kappa shape index (κ1) is 17.4. The molecule has 1 aliphatic rings. The van der Waals surface area contributed by atoms with Crippen molar-refractivity contribution < 1.29 is 9.59 Å². The molecule has 1 aromatic heterocycles. The molecule has 4 N–H and O–H groups in total. The first-order chi connectivity index (χ1) is 12.0. The van der Waals surface area contributed by atoms with Crippen LogP contribution in [0, 0.1) is 5.92 Å². The monoisotopic (exact) mass is 343 g/mol. The molecule has 1 aromatic carbocycles. The minimum atomic E-state index is -0.457. The number of para-hydroxylation sites is 1. The number of H-pyrrole nitrogens is 1. The molecule has 0 radical (unpaired) electrons. The van der Waals surface area contributed by atoms with Crippen molar-refractivity contribution in [1.82, 2.24) is 20.4 Å². The Morgan fingerprint density at radius 3 is 2.64 bits per heavy atom. The summed E-state index contributed by atoms with van der Waals surface area (Å²) in [4.78, 5) is 26.3. The van der Waals surface area contributed by atoms with Crippen LogP contribution in [0.4, 0.5) is 0 Å². The fourth-order valence-corrected chi connectivity index (χ4v) is 3.44. The van der Waals surface area contributed by atoms with Crippen molar-refractivity contribution in [2.24, 2.45) is 11.7 Å². The number of nitrogens with one attached hydrogen (secondary N) is 2. The second kappa shape index (κ2) is 7.23. The molecule has 2 heterocycles. The molecule has 134 valence electrons. The van der Waals surface area contributed by atoms with Crippen LogP contribution in [0.3, 0.4) is 0 Å². The summed E-state index contributed by atoms with van der Waals surface area (Å²) in [6.07, 6.45) is 1.72. The van der Waals surface area contributed by atoms with Crippen molar-refractivity contribution in [1.29, 1.82) is 0 Å². The number of nitrogens with two attached hydrogens (primary N) is 1. The van der Waals surface area contributed by atoms with Crippen LogP contribution in [0.2, 0.25) is 0 Å². The van der Waals surface area contributed by atoms with Gasteiger partial charge in [0.05, 0.1) is 11.6 Å². The van der Waals surface area contributed by atoms with Crippen LogP contribution in [-0.2, 0) is 4.79 Å². The molecule has 7 heteroatoms. The van der Waals surface area contributed by atoms with E-state index in [1.54, 1.807) is 6.92 Å². The standard InChI is InChI=1S/C18H25N5O2/c1-11(19)18(25)23-9-7-13(8-10-23)12(2)20-17(24)16-14-5-3-4-6-15(14)21-22-16/h3-6,11-13H,7-10,19H2,1-2H3,(H,20,24)(H,21,22)/t11-,12?/m0/s1. The van der Waals surface area contributed by atoms with E-state index in [-0.39, 0.29) is 17.9 Å². The Balaban J connectivity index is 1.59. The topological polar surface area (TPSA) is 104 Å². The summed E-state index contributed by atoms with van der Waals surface area (Å²) in [5.74, 6) is 0.170. The van der Waals surface area contributed by atoms with Crippen molar-refractivity contribution in [2.45, 2.75) is 38.8 Å². The van der Waals surface area contributed by atoms with Gasteiger partial charge in [0.1, 0.15) is 0 Å². The lowest BCUT2D eigenvalue weighted by atomic mass is 9.90. The molecule has 0 bridgehead atoms. The van der Waals surface area contributed by atoms with Gasteiger partial charge in [-0.2, -0.15) is 5.10 Å². The maximum Gasteiger partial charge on any atom is 0.272 e. The Morgan fingerprint density at radius 2 is 1.96 bits per heavy atom. The number of hydrogen-bond donors (Lipinski definition) is 3. The molecule has 0 saturated carbocycles. The molecule has 1 aliphatic heterocycles. The van der Waals surface area contributed by atoms with Crippen LogP contribution in [0.5, 0.6) is 0 Å². The molecule has 25 heavy (non-hydrogen) atoms. The average molecular weight is 343 g/mol. The highest BCUT2D eigenvalue weighted by molar-refractivity contribution is 6.04. The first-order valence-corrected chi connectivity index (χ1v) is 8.75. The third kappa shape index (κ3) is 3.66. The summed E-state index contributed by atoms with van der Waals surface area (Å²) in [7, 11) is 0. The third-order valence-electron chi connectivity index (χ3n) is 4.99. The molecule has 1 unspecified atom stereocenters. The van der Waals surface area contributed by atoms with E-state index in [0.29, 0.717) is 24.7 Å². The van der Waals surface area contributed by atoms with Gasteiger partial charge in [-0.25, -0.2) is 0 Å². The van der Waals surface area contributed by atoms with E-state index in [0.717, 1.165) is 23.7 Å². The number of hydrogen-bond acceptors (Lipinski definition) is 4. The molecule has 2 aromatic rings. The molecule has 0 spiro atoms.